The fraction of sp³-hybridized carbons (Fsp3) is 0.700. The second-order valence-electron chi connectivity index (χ2n) is 4.08. The van der Waals surface area contributed by atoms with E-state index < -0.39 is 10.0 Å². The normalized spacial score (nSPS) is 19.2. The highest BCUT2D eigenvalue weighted by Gasteiger charge is 2.30. The molecule has 6 nitrogen and oxygen atoms in total. The van der Waals surface area contributed by atoms with Crippen molar-refractivity contribution in [2.24, 2.45) is 0 Å². The molecule has 8 heteroatoms. The van der Waals surface area contributed by atoms with E-state index in [4.69, 9.17) is 4.74 Å². The first-order chi connectivity index (χ1) is 8.64. The summed E-state index contributed by atoms with van der Waals surface area (Å²) in [5, 5.41) is 7.14. The molecular formula is C10H16BrN3O3S. The molecule has 1 fully saturated rings. The Kier molecular flexibility index (Phi) is 4.77. The smallest absolute Gasteiger partial charge is 0.259 e. The maximum Gasteiger partial charge on any atom is 0.259 e. The minimum absolute atomic E-state index is 0.155. The van der Waals surface area contributed by atoms with Crippen molar-refractivity contribution < 1.29 is 13.2 Å². The third-order valence-electron chi connectivity index (χ3n) is 2.92. The van der Waals surface area contributed by atoms with Gasteiger partial charge >= 0.3 is 0 Å². The van der Waals surface area contributed by atoms with E-state index in [1.807, 2.05) is 0 Å². The van der Waals surface area contributed by atoms with Crippen LogP contribution in [0.1, 0.15) is 12.8 Å². The van der Waals surface area contributed by atoms with Crippen molar-refractivity contribution in [2.75, 3.05) is 25.0 Å². The number of piperidine rings is 1. The molecule has 102 valence electrons. The summed E-state index contributed by atoms with van der Waals surface area (Å²) in [5.41, 5.74) is 0. The minimum Gasteiger partial charge on any atom is -0.377 e. The number of aromatic nitrogens is 2. The topological polar surface area (TPSA) is 75.3 Å². The van der Waals surface area contributed by atoms with Crippen molar-refractivity contribution >= 4 is 26.0 Å². The molecule has 0 spiro atoms. The third-order valence-corrected chi connectivity index (χ3v) is 5.08. The number of ether oxygens (including phenoxy) is 1. The van der Waals surface area contributed by atoms with Gasteiger partial charge in [-0.1, -0.05) is 15.9 Å². The number of sulfonamides is 1. The summed E-state index contributed by atoms with van der Waals surface area (Å²) >= 11 is 3.30. The predicted octanol–water partition coefficient (Wildman–Crippen LogP) is 0.974. The van der Waals surface area contributed by atoms with E-state index in [2.05, 4.69) is 26.1 Å². The number of halogens is 1. The summed E-state index contributed by atoms with van der Waals surface area (Å²) in [4.78, 5) is 0. The lowest BCUT2D eigenvalue weighted by molar-refractivity contribution is 0.0309. The van der Waals surface area contributed by atoms with Gasteiger partial charge in [0.2, 0.25) is 0 Å². The minimum atomic E-state index is -3.41. The van der Waals surface area contributed by atoms with Crippen molar-refractivity contribution in [3.05, 3.63) is 12.3 Å². The first-order valence-corrected chi connectivity index (χ1v) is 8.38. The molecule has 1 aromatic heterocycles. The summed E-state index contributed by atoms with van der Waals surface area (Å²) in [6.45, 7) is 1.65. The number of nitrogens with zero attached hydrogens (tertiary/aromatic N) is 2. The number of alkyl halides is 1. The average Bonchev–Trinajstić information content (AvgIpc) is 2.91. The fourth-order valence-corrected chi connectivity index (χ4v) is 3.53. The SMILES string of the molecule is O=S(=O)(c1ccn[nH]1)N1CCC(OCCBr)CC1. The van der Waals surface area contributed by atoms with Gasteiger partial charge in [-0.2, -0.15) is 9.40 Å². The quantitative estimate of drug-likeness (QED) is 0.812. The highest BCUT2D eigenvalue weighted by Crippen LogP contribution is 2.20. The van der Waals surface area contributed by atoms with Crippen molar-refractivity contribution in [3.8, 4) is 0 Å². The Morgan fingerprint density at radius 2 is 2.22 bits per heavy atom. The lowest BCUT2D eigenvalue weighted by Crippen LogP contribution is -2.41. The molecule has 0 aromatic carbocycles. The van der Waals surface area contributed by atoms with Gasteiger partial charge in [-0.15, -0.1) is 0 Å². The van der Waals surface area contributed by atoms with Gasteiger partial charge in [0, 0.05) is 18.4 Å². The van der Waals surface area contributed by atoms with Crippen LogP contribution in [0.3, 0.4) is 0 Å². The molecule has 1 aromatic rings. The van der Waals surface area contributed by atoms with Crippen LogP contribution in [0.4, 0.5) is 0 Å². The van der Waals surface area contributed by atoms with Gasteiger partial charge in [0.25, 0.3) is 10.0 Å². The third kappa shape index (κ3) is 3.11. The zero-order chi connectivity index (χ0) is 13.0. The lowest BCUT2D eigenvalue weighted by atomic mass is 10.1. The molecule has 0 bridgehead atoms. The summed E-state index contributed by atoms with van der Waals surface area (Å²) < 4.78 is 31.4. The molecule has 1 N–H and O–H groups in total. The fourth-order valence-electron chi connectivity index (χ4n) is 1.98. The molecule has 0 saturated carbocycles. The second-order valence-corrected chi connectivity index (χ2v) is 6.78. The van der Waals surface area contributed by atoms with E-state index in [0.717, 1.165) is 18.2 Å². The Hall–Kier alpha value is -0.440. The first kappa shape index (κ1) is 14.0. The van der Waals surface area contributed by atoms with E-state index >= 15 is 0 Å². The number of aromatic amines is 1. The highest BCUT2D eigenvalue weighted by atomic mass is 79.9. The number of nitrogens with one attached hydrogen (secondary N) is 1. The van der Waals surface area contributed by atoms with Crippen LogP contribution >= 0.6 is 15.9 Å². The predicted molar refractivity (Wildman–Crippen MR) is 70.1 cm³/mol. The molecule has 1 saturated heterocycles. The summed E-state index contributed by atoms with van der Waals surface area (Å²) in [6.07, 6.45) is 3.08. The molecule has 0 amide bonds. The van der Waals surface area contributed by atoms with Gasteiger partial charge in [0.15, 0.2) is 5.03 Å². The van der Waals surface area contributed by atoms with Gasteiger partial charge in [-0.05, 0) is 18.9 Å². The van der Waals surface area contributed by atoms with Crippen LogP contribution < -0.4 is 0 Å². The molecule has 0 radical (unpaired) electrons. The molecule has 18 heavy (non-hydrogen) atoms. The maximum absolute atomic E-state index is 12.2. The van der Waals surface area contributed by atoms with Gasteiger partial charge in [-0.3, -0.25) is 5.10 Å². The van der Waals surface area contributed by atoms with E-state index in [1.165, 1.54) is 16.6 Å². The van der Waals surface area contributed by atoms with Crippen LogP contribution in [0.2, 0.25) is 0 Å². The van der Waals surface area contributed by atoms with Gasteiger partial charge in [0.1, 0.15) is 0 Å². The van der Waals surface area contributed by atoms with Crippen molar-refractivity contribution in [2.45, 2.75) is 24.0 Å². The van der Waals surface area contributed by atoms with Gasteiger partial charge < -0.3 is 4.74 Å². The highest BCUT2D eigenvalue weighted by molar-refractivity contribution is 9.09. The maximum atomic E-state index is 12.2. The largest absolute Gasteiger partial charge is 0.377 e. The van der Waals surface area contributed by atoms with Crippen LogP contribution in [-0.2, 0) is 14.8 Å². The van der Waals surface area contributed by atoms with Crippen LogP contribution in [0.5, 0.6) is 0 Å². The molecule has 0 aliphatic carbocycles. The van der Waals surface area contributed by atoms with Crippen LogP contribution in [0, 0.1) is 0 Å². The molecule has 2 heterocycles. The summed E-state index contributed by atoms with van der Waals surface area (Å²) in [7, 11) is -3.41. The molecule has 1 aliphatic heterocycles. The molecule has 0 unspecified atom stereocenters. The number of H-pyrrole nitrogens is 1. The Morgan fingerprint density at radius 1 is 1.50 bits per heavy atom. The van der Waals surface area contributed by atoms with Crippen LogP contribution in [0.25, 0.3) is 0 Å². The van der Waals surface area contributed by atoms with E-state index in [1.54, 1.807) is 0 Å². The molecule has 2 rings (SSSR count). The Bertz CT molecular complexity index is 455. The molecular weight excluding hydrogens is 322 g/mol. The van der Waals surface area contributed by atoms with Gasteiger partial charge in [0.05, 0.1) is 18.9 Å². The Morgan fingerprint density at radius 3 is 2.78 bits per heavy atom. The number of hydrogen-bond acceptors (Lipinski definition) is 4. The Labute approximate surface area is 115 Å². The van der Waals surface area contributed by atoms with E-state index in [-0.39, 0.29) is 11.1 Å². The number of rotatable bonds is 5. The number of hydrogen-bond donors (Lipinski definition) is 1. The molecule has 0 atom stereocenters. The van der Waals surface area contributed by atoms with Crippen molar-refractivity contribution in [1.82, 2.24) is 14.5 Å². The van der Waals surface area contributed by atoms with Gasteiger partial charge in [-0.25, -0.2) is 8.42 Å². The van der Waals surface area contributed by atoms with Crippen LogP contribution in [0.15, 0.2) is 17.3 Å². The lowest BCUT2D eigenvalue weighted by Gasteiger charge is -2.30. The zero-order valence-electron chi connectivity index (χ0n) is 9.88. The Balaban J connectivity index is 1.94. The van der Waals surface area contributed by atoms with Crippen LogP contribution in [-0.4, -0.2) is 54.1 Å². The van der Waals surface area contributed by atoms with Crippen molar-refractivity contribution in [3.63, 3.8) is 0 Å². The van der Waals surface area contributed by atoms with Crippen molar-refractivity contribution in [1.29, 1.82) is 0 Å². The summed E-state index contributed by atoms with van der Waals surface area (Å²) in [5.74, 6) is 0. The standard InChI is InChI=1S/C10H16BrN3O3S/c11-4-8-17-9-2-6-14(7-3-9)18(15,16)10-1-5-12-13-10/h1,5,9H,2-4,6-8H2,(H,12,13). The average molecular weight is 338 g/mol. The molecule has 1 aliphatic rings. The first-order valence-electron chi connectivity index (χ1n) is 5.81. The zero-order valence-corrected chi connectivity index (χ0v) is 12.3. The monoisotopic (exact) mass is 337 g/mol. The van der Waals surface area contributed by atoms with E-state index in [9.17, 15) is 8.42 Å². The van der Waals surface area contributed by atoms with E-state index in [0.29, 0.717) is 19.7 Å². The summed E-state index contributed by atoms with van der Waals surface area (Å²) in [6, 6.07) is 1.47. The second kappa shape index (κ2) is 6.14.